The fourth-order valence-electron chi connectivity index (χ4n) is 2.36. The Hall–Kier alpha value is -0.990. The molecule has 18 heavy (non-hydrogen) atoms. The standard InChI is InChI=1S/C15H20ClNO/c1-2-3-4-5-8-17-10-12(11-18)14-7-6-13(16)9-15(14)17/h6-7,9-10,18H,2-5,8,11H2,1H3. The van der Waals surface area contributed by atoms with Crippen LogP contribution >= 0.6 is 11.6 Å². The molecule has 1 N–H and O–H groups in total. The van der Waals surface area contributed by atoms with Crippen LogP contribution in [0, 0.1) is 0 Å². The van der Waals surface area contributed by atoms with E-state index in [2.05, 4.69) is 11.5 Å². The van der Waals surface area contributed by atoms with E-state index in [1.807, 2.05) is 24.4 Å². The van der Waals surface area contributed by atoms with Gasteiger partial charge in [-0.3, -0.25) is 0 Å². The highest BCUT2D eigenvalue weighted by atomic mass is 35.5. The van der Waals surface area contributed by atoms with Crippen LogP contribution in [0.15, 0.2) is 24.4 Å². The van der Waals surface area contributed by atoms with Crippen molar-refractivity contribution in [2.75, 3.05) is 0 Å². The Kier molecular flexibility index (Phi) is 4.67. The van der Waals surface area contributed by atoms with Gasteiger partial charge in [0.05, 0.1) is 6.61 Å². The van der Waals surface area contributed by atoms with Crippen molar-refractivity contribution in [3.8, 4) is 0 Å². The molecule has 0 radical (unpaired) electrons. The Balaban J connectivity index is 2.23. The Morgan fingerprint density at radius 3 is 2.78 bits per heavy atom. The van der Waals surface area contributed by atoms with Crippen molar-refractivity contribution < 1.29 is 5.11 Å². The minimum absolute atomic E-state index is 0.0834. The maximum absolute atomic E-state index is 9.38. The van der Waals surface area contributed by atoms with Gasteiger partial charge in [0.1, 0.15) is 0 Å². The molecule has 0 fully saturated rings. The van der Waals surface area contributed by atoms with Crippen LogP contribution < -0.4 is 0 Å². The molecule has 2 nitrogen and oxygen atoms in total. The summed E-state index contributed by atoms with van der Waals surface area (Å²) in [6, 6.07) is 5.85. The molecule has 0 aliphatic rings. The molecule has 0 amide bonds. The van der Waals surface area contributed by atoms with E-state index in [4.69, 9.17) is 11.6 Å². The second kappa shape index (κ2) is 6.26. The molecular formula is C15H20ClNO. The van der Waals surface area contributed by atoms with Crippen LogP contribution in [0.2, 0.25) is 5.02 Å². The maximum Gasteiger partial charge on any atom is 0.0702 e. The first-order valence-corrected chi connectivity index (χ1v) is 7.02. The first-order chi connectivity index (χ1) is 8.76. The van der Waals surface area contributed by atoms with Crippen LogP contribution in [0.4, 0.5) is 0 Å². The lowest BCUT2D eigenvalue weighted by atomic mass is 10.2. The van der Waals surface area contributed by atoms with Crippen molar-refractivity contribution in [2.45, 2.75) is 45.8 Å². The van der Waals surface area contributed by atoms with Crippen molar-refractivity contribution in [1.82, 2.24) is 4.57 Å². The van der Waals surface area contributed by atoms with E-state index in [1.165, 1.54) is 25.7 Å². The second-order valence-electron chi connectivity index (χ2n) is 4.73. The highest BCUT2D eigenvalue weighted by molar-refractivity contribution is 6.31. The molecule has 0 unspecified atom stereocenters. The zero-order chi connectivity index (χ0) is 13.0. The molecule has 0 aliphatic heterocycles. The minimum Gasteiger partial charge on any atom is -0.392 e. The van der Waals surface area contributed by atoms with Gasteiger partial charge < -0.3 is 9.67 Å². The van der Waals surface area contributed by atoms with Crippen LogP contribution in [0.25, 0.3) is 10.9 Å². The van der Waals surface area contributed by atoms with Crippen LogP contribution in [-0.4, -0.2) is 9.67 Å². The molecule has 2 aromatic rings. The number of rotatable bonds is 6. The highest BCUT2D eigenvalue weighted by Gasteiger charge is 2.07. The molecule has 0 saturated heterocycles. The second-order valence-corrected chi connectivity index (χ2v) is 5.16. The van der Waals surface area contributed by atoms with Crippen molar-refractivity contribution in [2.24, 2.45) is 0 Å². The first kappa shape index (κ1) is 13.4. The van der Waals surface area contributed by atoms with E-state index in [-0.39, 0.29) is 6.61 Å². The van der Waals surface area contributed by atoms with E-state index < -0.39 is 0 Å². The summed E-state index contributed by atoms with van der Waals surface area (Å²) in [7, 11) is 0. The fraction of sp³-hybridized carbons (Fsp3) is 0.467. The monoisotopic (exact) mass is 265 g/mol. The summed E-state index contributed by atoms with van der Waals surface area (Å²) >= 11 is 6.05. The van der Waals surface area contributed by atoms with E-state index in [1.54, 1.807) is 0 Å². The van der Waals surface area contributed by atoms with Gasteiger partial charge in [0.15, 0.2) is 0 Å². The number of halogens is 1. The highest BCUT2D eigenvalue weighted by Crippen LogP contribution is 2.25. The quantitative estimate of drug-likeness (QED) is 0.771. The predicted molar refractivity (Wildman–Crippen MR) is 77.0 cm³/mol. The summed E-state index contributed by atoms with van der Waals surface area (Å²) in [5.74, 6) is 0. The number of aliphatic hydroxyl groups excluding tert-OH is 1. The fourth-order valence-corrected chi connectivity index (χ4v) is 2.53. The summed E-state index contributed by atoms with van der Waals surface area (Å²) in [4.78, 5) is 0. The van der Waals surface area contributed by atoms with Crippen molar-refractivity contribution in [3.05, 3.63) is 35.0 Å². The van der Waals surface area contributed by atoms with Crippen molar-refractivity contribution in [1.29, 1.82) is 0 Å². The lowest BCUT2D eigenvalue weighted by Gasteiger charge is -2.05. The lowest BCUT2D eigenvalue weighted by Crippen LogP contribution is -1.96. The molecule has 2 rings (SSSR count). The Labute approximate surface area is 113 Å². The maximum atomic E-state index is 9.38. The Morgan fingerprint density at radius 1 is 1.22 bits per heavy atom. The van der Waals surface area contributed by atoms with Crippen LogP contribution in [0.1, 0.15) is 38.2 Å². The lowest BCUT2D eigenvalue weighted by molar-refractivity contribution is 0.283. The van der Waals surface area contributed by atoms with Gasteiger partial charge in [-0.05, 0) is 18.6 Å². The minimum atomic E-state index is 0.0834. The number of hydrogen-bond acceptors (Lipinski definition) is 1. The van der Waals surface area contributed by atoms with Gasteiger partial charge in [-0.15, -0.1) is 0 Å². The Morgan fingerprint density at radius 2 is 2.06 bits per heavy atom. The number of hydrogen-bond donors (Lipinski definition) is 1. The Bertz CT molecular complexity index is 518. The first-order valence-electron chi connectivity index (χ1n) is 6.64. The molecular weight excluding hydrogens is 246 g/mol. The van der Waals surface area contributed by atoms with E-state index in [9.17, 15) is 5.11 Å². The zero-order valence-electron chi connectivity index (χ0n) is 10.8. The van der Waals surface area contributed by atoms with Crippen LogP contribution in [0.5, 0.6) is 0 Å². The van der Waals surface area contributed by atoms with Crippen LogP contribution in [-0.2, 0) is 13.2 Å². The van der Waals surface area contributed by atoms with Crippen molar-refractivity contribution in [3.63, 3.8) is 0 Å². The SMILES string of the molecule is CCCCCCn1cc(CO)c2ccc(Cl)cc21. The number of unbranched alkanes of at least 4 members (excludes halogenated alkanes) is 3. The smallest absolute Gasteiger partial charge is 0.0702 e. The number of nitrogens with zero attached hydrogens (tertiary/aromatic N) is 1. The van der Waals surface area contributed by atoms with Gasteiger partial charge in [0.25, 0.3) is 0 Å². The summed E-state index contributed by atoms with van der Waals surface area (Å²) in [5, 5.41) is 11.2. The summed E-state index contributed by atoms with van der Waals surface area (Å²) in [5.41, 5.74) is 2.11. The summed E-state index contributed by atoms with van der Waals surface area (Å²) in [6.45, 7) is 3.30. The number of aromatic nitrogens is 1. The average molecular weight is 266 g/mol. The molecule has 0 aliphatic carbocycles. The van der Waals surface area contributed by atoms with Gasteiger partial charge >= 0.3 is 0 Å². The number of aryl methyl sites for hydroxylation is 1. The van der Waals surface area contributed by atoms with Gasteiger partial charge in [-0.1, -0.05) is 43.9 Å². The molecule has 0 saturated carbocycles. The van der Waals surface area contributed by atoms with Gasteiger partial charge in [-0.25, -0.2) is 0 Å². The van der Waals surface area contributed by atoms with E-state index in [0.717, 1.165) is 28.0 Å². The largest absolute Gasteiger partial charge is 0.392 e. The zero-order valence-corrected chi connectivity index (χ0v) is 11.6. The molecule has 0 atom stereocenters. The average Bonchev–Trinajstić information content (AvgIpc) is 2.72. The molecule has 98 valence electrons. The molecule has 1 heterocycles. The molecule has 3 heteroatoms. The van der Waals surface area contributed by atoms with Crippen LogP contribution in [0.3, 0.4) is 0 Å². The molecule has 0 bridgehead atoms. The molecule has 1 aromatic heterocycles. The predicted octanol–water partition coefficient (Wildman–Crippen LogP) is 4.37. The molecule has 0 spiro atoms. The number of aliphatic hydroxyl groups is 1. The summed E-state index contributed by atoms with van der Waals surface area (Å²) < 4.78 is 2.21. The van der Waals surface area contributed by atoms with Gasteiger partial charge in [0.2, 0.25) is 0 Å². The third-order valence-corrected chi connectivity index (χ3v) is 3.58. The topological polar surface area (TPSA) is 25.2 Å². The normalized spacial score (nSPS) is 11.3. The van der Waals surface area contributed by atoms with E-state index in [0.29, 0.717) is 0 Å². The van der Waals surface area contributed by atoms with Gasteiger partial charge in [-0.2, -0.15) is 0 Å². The number of benzene rings is 1. The number of fused-ring (bicyclic) bond motifs is 1. The summed E-state index contributed by atoms with van der Waals surface area (Å²) in [6.07, 6.45) is 7.01. The third-order valence-electron chi connectivity index (χ3n) is 3.35. The van der Waals surface area contributed by atoms with E-state index >= 15 is 0 Å². The van der Waals surface area contributed by atoms with Gasteiger partial charge in [0, 0.05) is 34.2 Å². The third kappa shape index (κ3) is 2.88. The van der Waals surface area contributed by atoms with Crippen molar-refractivity contribution >= 4 is 22.5 Å². The molecule has 1 aromatic carbocycles.